The molecule has 0 aliphatic rings. The third kappa shape index (κ3) is 3.87. The van der Waals surface area contributed by atoms with Gasteiger partial charge < -0.3 is 0 Å². The van der Waals surface area contributed by atoms with Crippen LogP contribution in [0.4, 0.5) is 0 Å². The molecule has 0 saturated carbocycles. The fraction of sp³-hybridized carbons (Fsp3) is 0.0312. The second kappa shape index (κ2) is 8.62. The summed E-state index contributed by atoms with van der Waals surface area (Å²) in [7, 11) is 0. The minimum absolute atomic E-state index is 0.928. The highest BCUT2D eigenvalue weighted by atomic mass is 14.7. The van der Waals surface area contributed by atoms with Gasteiger partial charge in [-0.2, -0.15) is 0 Å². The molecule has 0 N–H and O–H groups in total. The van der Waals surface area contributed by atoms with E-state index >= 15 is 0 Å². The second-order valence-electron chi connectivity index (χ2n) is 8.70. The van der Waals surface area contributed by atoms with Gasteiger partial charge in [0.2, 0.25) is 0 Å². The van der Waals surface area contributed by atoms with Gasteiger partial charge in [0.15, 0.2) is 0 Å². The van der Waals surface area contributed by atoms with E-state index in [1.54, 1.807) is 0 Å². The van der Waals surface area contributed by atoms with Crippen LogP contribution in [0.5, 0.6) is 0 Å². The SMILES string of the molecule is C=C(/C=C\c1ccc2cccnc2c1C)c1ccc(-c2ccc3ccc4cccnc4c3n2)cc1. The summed E-state index contributed by atoms with van der Waals surface area (Å²) in [5.41, 5.74) is 9.25. The smallest absolute Gasteiger partial charge is 0.0972 e. The molecule has 3 heteroatoms. The lowest BCUT2D eigenvalue weighted by Gasteiger charge is -2.08. The Bertz CT molecular complexity index is 1760. The van der Waals surface area contributed by atoms with Crippen LogP contribution in [0.15, 0.2) is 110 Å². The summed E-state index contributed by atoms with van der Waals surface area (Å²) in [5, 5.41) is 3.34. The standard InChI is InChI=1S/C32H23N3/c1-21(7-8-24-11-14-26-5-3-19-33-30(26)22(24)2)23-9-12-25(13-10-23)29-18-17-28-16-15-27-6-4-20-34-31(27)32(28)35-29/h3-20H,1H2,2H3/b8-7-. The summed E-state index contributed by atoms with van der Waals surface area (Å²) >= 11 is 0. The normalized spacial score (nSPS) is 11.6. The number of hydrogen-bond acceptors (Lipinski definition) is 3. The van der Waals surface area contributed by atoms with Gasteiger partial charge in [-0.3, -0.25) is 9.97 Å². The molecule has 0 bridgehead atoms. The first-order chi connectivity index (χ1) is 17.2. The molecule has 3 heterocycles. The van der Waals surface area contributed by atoms with Crippen molar-refractivity contribution in [2.24, 2.45) is 0 Å². The maximum absolute atomic E-state index is 4.95. The van der Waals surface area contributed by atoms with Crippen LogP contribution in [-0.2, 0) is 0 Å². The van der Waals surface area contributed by atoms with Crippen LogP contribution < -0.4 is 0 Å². The topological polar surface area (TPSA) is 38.7 Å². The second-order valence-corrected chi connectivity index (χ2v) is 8.70. The van der Waals surface area contributed by atoms with Crippen LogP contribution in [0.3, 0.4) is 0 Å². The predicted molar refractivity (Wildman–Crippen MR) is 147 cm³/mol. The maximum Gasteiger partial charge on any atom is 0.0972 e. The van der Waals surface area contributed by atoms with E-state index in [4.69, 9.17) is 4.98 Å². The zero-order chi connectivity index (χ0) is 23.8. The van der Waals surface area contributed by atoms with Crippen molar-refractivity contribution in [1.82, 2.24) is 15.0 Å². The Balaban J connectivity index is 1.28. The van der Waals surface area contributed by atoms with E-state index in [1.807, 2.05) is 24.5 Å². The monoisotopic (exact) mass is 449 g/mol. The summed E-state index contributed by atoms with van der Waals surface area (Å²) < 4.78 is 0. The minimum Gasteiger partial charge on any atom is -0.256 e. The van der Waals surface area contributed by atoms with Crippen LogP contribution in [0.2, 0.25) is 0 Å². The van der Waals surface area contributed by atoms with E-state index in [1.165, 1.54) is 5.56 Å². The number of rotatable bonds is 4. The number of nitrogens with zero attached hydrogens (tertiary/aromatic N) is 3. The number of pyridine rings is 3. The Kier molecular flexibility index (Phi) is 5.16. The largest absolute Gasteiger partial charge is 0.256 e. The van der Waals surface area contributed by atoms with Crippen LogP contribution in [0.1, 0.15) is 16.7 Å². The number of aryl methyl sites for hydroxylation is 1. The van der Waals surface area contributed by atoms with Crippen molar-refractivity contribution in [3.8, 4) is 11.3 Å². The van der Waals surface area contributed by atoms with E-state index in [0.29, 0.717) is 0 Å². The fourth-order valence-electron chi connectivity index (χ4n) is 4.51. The third-order valence-corrected chi connectivity index (χ3v) is 6.52. The van der Waals surface area contributed by atoms with Gasteiger partial charge in [0.25, 0.3) is 0 Å². The Morgan fingerprint density at radius 3 is 2.09 bits per heavy atom. The van der Waals surface area contributed by atoms with Crippen molar-refractivity contribution in [1.29, 1.82) is 0 Å². The molecule has 0 atom stereocenters. The maximum atomic E-state index is 4.95. The molecular formula is C32H23N3. The van der Waals surface area contributed by atoms with Gasteiger partial charge in [-0.1, -0.05) is 85.5 Å². The third-order valence-electron chi connectivity index (χ3n) is 6.52. The molecule has 0 amide bonds. The summed E-state index contributed by atoms with van der Waals surface area (Å²) in [5.74, 6) is 0. The van der Waals surface area contributed by atoms with E-state index in [0.717, 1.165) is 60.7 Å². The highest BCUT2D eigenvalue weighted by Gasteiger charge is 2.07. The summed E-state index contributed by atoms with van der Waals surface area (Å²) in [6.45, 7) is 6.40. The lowest BCUT2D eigenvalue weighted by Crippen LogP contribution is -1.89. The van der Waals surface area contributed by atoms with E-state index in [2.05, 4.69) is 108 Å². The summed E-state index contributed by atoms with van der Waals surface area (Å²) in [6.07, 6.45) is 7.84. The number of aromatic nitrogens is 3. The molecule has 3 nitrogen and oxygen atoms in total. The van der Waals surface area contributed by atoms with Gasteiger partial charge in [0.05, 0.1) is 22.2 Å². The molecule has 6 aromatic rings. The molecule has 0 unspecified atom stereocenters. The van der Waals surface area contributed by atoms with Gasteiger partial charge >= 0.3 is 0 Å². The molecule has 3 aromatic heterocycles. The quantitative estimate of drug-likeness (QED) is 0.202. The van der Waals surface area contributed by atoms with Crippen molar-refractivity contribution >= 4 is 44.4 Å². The van der Waals surface area contributed by atoms with Gasteiger partial charge in [-0.05, 0) is 47.4 Å². The predicted octanol–water partition coefficient (Wildman–Crippen LogP) is 8.03. The first kappa shape index (κ1) is 20.9. The average Bonchev–Trinajstić information content (AvgIpc) is 2.92. The summed E-state index contributed by atoms with van der Waals surface area (Å²) in [6, 6.07) is 29.1. The fourth-order valence-corrected chi connectivity index (χ4v) is 4.51. The number of hydrogen-bond donors (Lipinski definition) is 0. The van der Waals surface area contributed by atoms with Crippen LogP contribution in [-0.4, -0.2) is 15.0 Å². The van der Waals surface area contributed by atoms with Crippen molar-refractivity contribution in [2.75, 3.05) is 0 Å². The average molecular weight is 450 g/mol. The lowest BCUT2D eigenvalue weighted by molar-refractivity contribution is 1.36. The highest BCUT2D eigenvalue weighted by molar-refractivity contribution is 6.03. The Morgan fingerprint density at radius 2 is 1.31 bits per heavy atom. The number of allylic oxidation sites excluding steroid dienone is 2. The van der Waals surface area contributed by atoms with Gasteiger partial charge in [0.1, 0.15) is 0 Å². The number of benzene rings is 3. The molecule has 6 rings (SSSR count). The van der Waals surface area contributed by atoms with E-state index < -0.39 is 0 Å². The molecule has 0 aliphatic carbocycles. The van der Waals surface area contributed by atoms with Gasteiger partial charge in [-0.15, -0.1) is 0 Å². The van der Waals surface area contributed by atoms with Crippen LogP contribution in [0, 0.1) is 6.92 Å². The molecule has 35 heavy (non-hydrogen) atoms. The zero-order valence-corrected chi connectivity index (χ0v) is 19.4. The molecule has 166 valence electrons. The van der Waals surface area contributed by atoms with Crippen molar-refractivity contribution in [3.63, 3.8) is 0 Å². The molecule has 0 saturated heterocycles. The Labute approximate surface area is 204 Å². The molecule has 0 fully saturated rings. The van der Waals surface area contributed by atoms with Crippen molar-refractivity contribution in [3.05, 3.63) is 127 Å². The Morgan fingerprint density at radius 1 is 0.686 bits per heavy atom. The van der Waals surface area contributed by atoms with E-state index in [-0.39, 0.29) is 0 Å². The zero-order valence-electron chi connectivity index (χ0n) is 19.4. The van der Waals surface area contributed by atoms with Crippen LogP contribution in [0.25, 0.3) is 55.6 Å². The first-order valence-electron chi connectivity index (χ1n) is 11.6. The molecule has 0 aliphatic heterocycles. The van der Waals surface area contributed by atoms with Crippen molar-refractivity contribution < 1.29 is 0 Å². The lowest BCUT2D eigenvalue weighted by atomic mass is 10.00. The van der Waals surface area contributed by atoms with Gasteiger partial charge in [-0.25, -0.2) is 4.98 Å². The molecule has 0 radical (unpaired) electrons. The van der Waals surface area contributed by atoms with Crippen molar-refractivity contribution in [2.45, 2.75) is 6.92 Å². The minimum atomic E-state index is 0.928. The highest BCUT2D eigenvalue weighted by Crippen LogP contribution is 2.27. The Hall–Kier alpha value is -4.63. The van der Waals surface area contributed by atoms with E-state index in [9.17, 15) is 0 Å². The first-order valence-corrected chi connectivity index (χ1v) is 11.6. The van der Waals surface area contributed by atoms with Gasteiger partial charge in [0, 0.05) is 34.1 Å². The molecule has 0 spiro atoms. The van der Waals surface area contributed by atoms with Crippen LogP contribution >= 0.6 is 0 Å². The summed E-state index contributed by atoms with van der Waals surface area (Å²) in [4.78, 5) is 14.1. The molecule has 3 aromatic carbocycles. The molecular weight excluding hydrogens is 426 g/mol. The number of fused-ring (bicyclic) bond motifs is 4.